The maximum Gasteiger partial charge on any atom is 0.230 e. The maximum absolute atomic E-state index is 12.1. The van der Waals surface area contributed by atoms with Crippen LogP contribution in [-0.2, 0) is 22.7 Å². The summed E-state index contributed by atoms with van der Waals surface area (Å²) < 4.78 is 18.1. The summed E-state index contributed by atoms with van der Waals surface area (Å²) in [5.41, 5.74) is -0.267. The predicted octanol–water partition coefficient (Wildman–Crippen LogP) is 2.52. The Bertz CT molecular complexity index is 774. The summed E-state index contributed by atoms with van der Waals surface area (Å²) in [6.07, 6.45) is 0. The van der Waals surface area contributed by atoms with Crippen molar-refractivity contribution in [1.82, 2.24) is 20.1 Å². The Labute approximate surface area is 170 Å². The van der Waals surface area contributed by atoms with E-state index < -0.39 is 0 Å². The number of aromatic nitrogens is 3. The minimum Gasteiger partial charge on any atom is -0.497 e. The van der Waals surface area contributed by atoms with Gasteiger partial charge in [0.05, 0.1) is 19.5 Å². The molecule has 2 rings (SSSR count). The number of ether oxygens (including phenoxy) is 3. The molecular weight excluding hydrogens is 380 g/mol. The van der Waals surface area contributed by atoms with E-state index in [4.69, 9.17) is 14.2 Å². The van der Waals surface area contributed by atoms with E-state index in [1.54, 1.807) is 14.2 Å². The lowest BCUT2D eigenvalue weighted by Crippen LogP contribution is -2.41. The van der Waals surface area contributed by atoms with Gasteiger partial charge in [-0.2, -0.15) is 0 Å². The third-order valence-electron chi connectivity index (χ3n) is 3.57. The Kier molecular flexibility index (Phi) is 8.13. The van der Waals surface area contributed by atoms with Crippen molar-refractivity contribution in [2.24, 2.45) is 0 Å². The third-order valence-corrected chi connectivity index (χ3v) is 4.54. The monoisotopic (exact) mass is 408 g/mol. The highest BCUT2D eigenvalue weighted by atomic mass is 32.2. The average molecular weight is 409 g/mol. The Morgan fingerprint density at radius 1 is 1.21 bits per heavy atom. The number of carbonyl (C=O) groups is 1. The molecule has 0 unspecified atom stereocenters. The molecule has 1 aromatic heterocycles. The van der Waals surface area contributed by atoms with Crippen LogP contribution < -0.4 is 14.8 Å². The molecule has 0 fully saturated rings. The van der Waals surface area contributed by atoms with Crippen LogP contribution in [0, 0.1) is 0 Å². The van der Waals surface area contributed by atoms with E-state index in [0.717, 1.165) is 5.75 Å². The number of nitrogens with zero attached hydrogens (tertiary/aromatic N) is 3. The minimum absolute atomic E-state index is 0.0482. The summed E-state index contributed by atoms with van der Waals surface area (Å²) in [6, 6.07) is 7.37. The van der Waals surface area contributed by atoms with Gasteiger partial charge in [-0.15, -0.1) is 10.2 Å². The molecular formula is C19H28N4O4S. The second kappa shape index (κ2) is 10.3. The molecule has 0 aliphatic rings. The Morgan fingerprint density at radius 2 is 1.96 bits per heavy atom. The second-order valence-corrected chi connectivity index (χ2v) is 8.04. The Morgan fingerprint density at radius 3 is 2.64 bits per heavy atom. The molecule has 1 aromatic carbocycles. The number of rotatable bonds is 10. The SMILES string of the molecule is COCCn1c(COc2cccc(OC)c2)nnc1SCC(=O)NC(C)(C)C. The van der Waals surface area contributed by atoms with Crippen LogP contribution in [0.5, 0.6) is 11.5 Å². The zero-order valence-corrected chi connectivity index (χ0v) is 17.8. The summed E-state index contributed by atoms with van der Waals surface area (Å²) in [4.78, 5) is 12.1. The van der Waals surface area contributed by atoms with E-state index >= 15 is 0 Å². The number of benzene rings is 1. The highest BCUT2D eigenvalue weighted by Crippen LogP contribution is 2.21. The van der Waals surface area contributed by atoms with Crippen molar-refractivity contribution in [3.63, 3.8) is 0 Å². The molecule has 0 bridgehead atoms. The van der Waals surface area contributed by atoms with E-state index in [2.05, 4.69) is 15.5 Å². The second-order valence-electron chi connectivity index (χ2n) is 7.10. The predicted molar refractivity (Wildman–Crippen MR) is 108 cm³/mol. The molecule has 1 amide bonds. The molecule has 0 saturated carbocycles. The number of methoxy groups -OCH3 is 2. The number of hydrogen-bond donors (Lipinski definition) is 1. The zero-order valence-electron chi connectivity index (χ0n) is 17.0. The van der Waals surface area contributed by atoms with E-state index in [0.29, 0.717) is 29.9 Å². The molecule has 9 heteroatoms. The molecule has 28 heavy (non-hydrogen) atoms. The van der Waals surface area contributed by atoms with Gasteiger partial charge < -0.3 is 24.1 Å². The van der Waals surface area contributed by atoms with E-state index in [9.17, 15) is 4.79 Å². The summed E-state index contributed by atoms with van der Waals surface area (Å²) in [5, 5.41) is 12.0. The number of amides is 1. The standard InChI is InChI=1S/C19H28N4O4S/c1-19(2,3)20-17(24)13-28-18-22-21-16(23(18)9-10-25-4)12-27-15-8-6-7-14(11-15)26-5/h6-8,11H,9-10,12-13H2,1-5H3,(H,20,24). The van der Waals surface area contributed by atoms with Gasteiger partial charge >= 0.3 is 0 Å². The van der Waals surface area contributed by atoms with Crippen molar-refractivity contribution in [2.75, 3.05) is 26.6 Å². The lowest BCUT2D eigenvalue weighted by molar-refractivity contribution is -0.119. The lowest BCUT2D eigenvalue weighted by Gasteiger charge is -2.20. The first kappa shape index (κ1) is 22.0. The van der Waals surface area contributed by atoms with Crippen LogP contribution in [0.3, 0.4) is 0 Å². The highest BCUT2D eigenvalue weighted by molar-refractivity contribution is 7.99. The van der Waals surface area contributed by atoms with Gasteiger partial charge in [-0.05, 0) is 32.9 Å². The summed E-state index contributed by atoms with van der Waals surface area (Å²) in [6.45, 7) is 7.17. The molecule has 0 aliphatic heterocycles. The summed E-state index contributed by atoms with van der Waals surface area (Å²) in [7, 11) is 3.25. The fourth-order valence-electron chi connectivity index (χ4n) is 2.36. The van der Waals surface area contributed by atoms with Crippen LogP contribution in [0.2, 0.25) is 0 Å². The van der Waals surface area contributed by atoms with Gasteiger partial charge in [0.25, 0.3) is 0 Å². The summed E-state index contributed by atoms with van der Waals surface area (Å²) >= 11 is 1.34. The maximum atomic E-state index is 12.1. The molecule has 0 aliphatic carbocycles. The largest absolute Gasteiger partial charge is 0.497 e. The van der Waals surface area contributed by atoms with Crippen molar-refractivity contribution in [3.8, 4) is 11.5 Å². The third kappa shape index (κ3) is 7.05. The van der Waals surface area contributed by atoms with E-state index in [1.165, 1.54) is 11.8 Å². The van der Waals surface area contributed by atoms with Crippen molar-refractivity contribution in [3.05, 3.63) is 30.1 Å². The fourth-order valence-corrected chi connectivity index (χ4v) is 3.15. The molecule has 0 spiro atoms. The first-order valence-corrected chi connectivity index (χ1v) is 9.92. The van der Waals surface area contributed by atoms with Gasteiger partial charge in [-0.3, -0.25) is 4.79 Å². The number of nitrogens with one attached hydrogen (secondary N) is 1. The topological polar surface area (TPSA) is 87.5 Å². The quantitative estimate of drug-likeness (QED) is 0.605. The van der Waals surface area contributed by atoms with Crippen molar-refractivity contribution in [2.45, 2.75) is 44.6 Å². The average Bonchev–Trinajstić information content (AvgIpc) is 3.03. The van der Waals surface area contributed by atoms with Crippen LogP contribution in [0.25, 0.3) is 0 Å². The van der Waals surface area contributed by atoms with Crippen LogP contribution >= 0.6 is 11.8 Å². The minimum atomic E-state index is -0.267. The molecule has 8 nitrogen and oxygen atoms in total. The number of carbonyl (C=O) groups excluding carboxylic acids is 1. The first-order valence-electron chi connectivity index (χ1n) is 8.94. The zero-order chi connectivity index (χ0) is 20.6. The molecule has 0 radical (unpaired) electrons. The lowest BCUT2D eigenvalue weighted by atomic mass is 10.1. The van der Waals surface area contributed by atoms with Crippen molar-refractivity contribution < 1.29 is 19.0 Å². The van der Waals surface area contributed by atoms with Gasteiger partial charge in [-0.1, -0.05) is 17.8 Å². The normalized spacial score (nSPS) is 11.3. The molecule has 154 valence electrons. The number of thioether (sulfide) groups is 1. The fraction of sp³-hybridized carbons (Fsp3) is 0.526. The molecule has 1 N–H and O–H groups in total. The smallest absolute Gasteiger partial charge is 0.230 e. The first-order chi connectivity index (χ1) is 13.3. The van der Waals surface area contributed by atoms with Gasteiger partial charge in [0.1, 0.15) is 18.1 Å². The Hall–Kier alpha value is -2.26. The summed E-state index contributed by atoms with van der Waals surface area (Å²) in [5.74, 6) is 2.28. The number of hydrogen-bond acceptors (Lipinski definition) is 7. The van der Waals surface area contributed by atoms with Gasteiger partial charge in [0.2, 0.25) is 5.91 Å². The van der Waals surface area contributed by atoms with Crippen LogP contribution in [0.1, 0.15) is 26.6 Å². The highest BCUT2D eigenvalue weighted by Gasteiger charge is 2.17. The molecule has 2 aromatic rings. The van der Waals surface area contributed by atoms with Gasteiger partial charge in [0.15, 0.2) is 11.0 Å². The van der Waals surface area contributed by atoms with Crippen LogP contribution in [0.4, 0.5) is 0 Å². The van der Waals surface area contributed by atoms with Gasteiger partial charge in [0, 0.05) is 25.3 Å². The van der Waals surface area contributed by atoms with Crippen molar-refractivity contribution in [1.29, 1.82) is 0 Å². The van der Waals surface area contributed by atoms with E-state index in [1.807, 2.05) is 49.6 Å². The van der Waals surface area contributed by atoms with Crippen LogP contribution in [-0.4, -0.2) is 52.8 Å². The van der Waals surface area contributed by atoms with Gasteiger partial charge in [-0.25, -0.2) is 0 Å². The molecule has 0 atom stereocenters. The Balaban J connectivity index is 2.04. The molecule has 0 saturated heterocycles. The molecule has 1 heterocycles. The van der Waals surface area contributed by atoms with Crippen molar-refractivity contribution >= 4 is 17.7 Å². The van der Waals surface area contributed by atoms with Crippen LogP contribution in [0.15, 0.2) is 29.4 Å². The van der Waals surface area contributed by atoms with E-state index in [-0.39, 0.29) is 23.8 Å².